The fourth-order valence-electron chi connectivity index (χ4n) is 3.67. The van der Waals surface area contributed by atoms with E-state index in [2.05, 4.69) is 15.3 Å². The second-order valence-corrected chi connectivity index (χ2v) is 7.63. The molecule has 0 spiro atoms. The molecule has 3 N–H and O–H groups in total. The number of halogens is 1. The van der Waals surface area contributed by atoms with Crippen molar-refractivity contribution in [1.82, 2.24) is 15.3 Å². The predicted octanol–water partition coefficient (Wildman–Crippen LogP) is 1.82. The standard InChI is InChI=1S/C20H24ClN3O4/c1-13-16(18(26)24-19(27)23-13)5-6-17(25)22-12-20(7-9-28-10-8-20)14-3-2-4-15(21)11-14/h2-4,11H,5-10,12H2,1H3,(H,22,25)(H2,23,24,26,27). The Morgan fingerprint density at radius 2 is 2.00 bits per heavy atom. The van der Waals surface area contributed by atoms with Crippen LogP contribution in [0.1, 0.15) is 36.1 Å². The maximum Gasteiger partial charge on any atom is 0.325 e. The van der Waals surface area contributed by atoms with Gasteiger partial charge in [-0.05, 0) is 43.9 Å². The Kier molecular flexibility index (Phi) is 6.36. The Morgan fingerprint density at radius 3 is 2.68 bits per heavy atom. The minimum atomic E-state index is -0.543. The van der Waals surface area contributed by atoms with Crippen LogP contribution in [0.5, 0.6) is 0 Å². The van der Waals surface area contributed by atoms with Crippen molar-refractivity contribution in [2.24, 2.45) is 0 Å². The number of aryl methyl sites for hydroxylation is 1. The van der Waals surface area contributed by atoms with Crippen molar-refractivity contribution in [3.05, 3.63) is 66.9 Å². The van der Waals surface area contributed by atoms with Crippen molar-refractivity contribution in [2.45, 2.75) is 38.0 Å². The Hall–Kier alpha value is -2.38. The molecular formula is C20H24ClN3O4. The highest BCUT2D eigenvalue weighted by atomic mass is 35.5. The van der Waals surface area contributed by atoms with Crippen LogP contribution >= 0.6 is 11.6 Å². The van der Waals surface area contributed by atoms with Crippen LogP contribution in [0.15, 0.2) is 33.9 Å². The van der Waals surface area contributed by atoms with E-state index in [4.69, 9.17) is 16.3 Å². The van der Waals surface area contributed by atoms with Gasteiger partial charge in [0.05, 0.1) is 0 Å². The number of aromatic amines is 2. The van der Waals surface area contributed by atoms with Gasteiger partial charge in [0.15, 0.2) is 0 Å². The number of amides is 1. The number of rotatable bonds is 6. The SMILES string of the molecule is Cc1[nH]c(=O)[nH]c(=O)c1CCC(=O)NCC1(c2cccc(Cl)c2)CCOCC1. The van der Waals surface area contributed by atoms with Crippen LogP contribution in [0.2, 0.25) is 5.02 Å². The molecule has 1 aliphatic heterocycles. The van der Waals surface area contributed by atoms with E-state index in [0.29, 0.717) is 36.0 Å². The molecule has 1 aromatic carbocycles. The molecule has 28 heavy (non-hydrogen) atoms. The quantitative estimate of drug-likeness (QED) is 0.681. The summed E-state index contributed by atoms with van der Waals surface area (Å²) in [4.78, 5) is 40.4. The van der Waals surface area contributed by atoms with E-state index in [1.165, 1.54) is 0 Å². The molecule has 7 nitrogen and oxygen atoms in total. The van der Waals surface area contributed by atoms with Gasteiger partial charge in [-0.1, -0.05) is 23.7 Å². The van der Waals surface area contributed by atoms with Gasteiger partial charge in [0.2, 0.25) is 5.91 Å². The Bertz CT molecular complexity index is 960. The van der Waals surface area contributed by atoms with Gasteiger partial charge in [0, 0.05) is 47.9 Å². The van der Waals surface area contributed by atoms with Crippen molar-refractivity contribution in [3.63, 3.8) is 0 Å². The minimum Gasteiger partial charge on any atom is -0.381 e. The smallest absolute Gasteiger partial charge is 0.325 e. The molecule has 8 heteroatoms. The van der Waals surface area contributed by atoms with Crippen molar-refractivity contribution in [1.29, 1.82) is 0 Å². The number of ether oxygens (including phenoxy) is 1. The van der Waals surface area contributed by atoms with Gasteiger partial charge in [0.25, 0.3) is 5.56 Å². The molecule has 3 rings (SSSR count). The van der Waals surface area contributed by atoms with Gasteiger partial charge < -0.3 is 15.0 Å². The number of hydrogen-bond acceptors (Lipinski definition) is 4. The summed E-state index contributed by atoms with van der Waals surface area (Å²) in [5.41, 5.74) is 0.792. The molecule has 0 aliphatic carbocycles. The molecular weight excluding hydrogens is 382 g/mol. The minimum absolute atomic E-state index is 0.141. The monoisotopic (exact) mass is 405 g/mol. The van der Waals surface area contributed by atoms with Gasteiger partial charge in [0.1, 0.15) is 0 Å². The highest BCUT2D eigenvalue weighted by Crippen LogP contribution is 2.35. The maximum atomic E-state index is 12.4. The molecule has 0 unspecified atom stereocenters. The largest absolute Gasteiger partial charge is 0.381 e. The Morgan fingerprint density at radius 1 is 1.25 bits per heavy atom. The molecule has 1 aromatic heterocycles. The number of benzene rings is 1. The average molecular weight is 406 g/mol. The van der Waals surface area contributed by atoms with Gasteiger partial charge in [-0.15, -0.1) is 0 Å². The first-order chi connectivity index (χ1) is 13.4. The van der Waals surface area contributed by atoms with E-state index in [9.17, 15) is 14.4 Å². The van der Waals surface area contributed by atoms with Crippen molar-refractivity contribution in [2.75, 3.05) is 19.8 Å². The zero-order valence-corrected chi connectivity index (χ0v) is 16.5. The van der Waals surface area contributed by atoms with Crippen LogP contribution in [-0.4, -0.2) is 35.6 Å². The number of carbonyl (C=O) groups is 1. The van der Waals surface area contributed by atoms with Gasteiger partial charge in [-0.25, -0.2) is 4.79 Å². The highest BCUT2D eigenvalue weighted by molar-refractivity contribution is 6.30. The second-order valence-electron chi connectivity index (χ2n) is 7.19. The van der Waals surface area contributed by atoms with E-state index in [0.717, 1.165) is 18.4 Å². The maximum absolute atomic E-state index is 12.4. The van der Waals surface area contributed by atoms with Crippen molar-refractivity contribution < 1.29 is 9.53 Å². The normalized spacial score (nSPS) is 15.9. The van der Waals surface area contributed by atoms with Crippen molar-refractivity contribution in [3.8, 4) is 0 Å². The average Bonchev–Trinajstić information content (AvgIpc) is 2.66. The van der Waals surface area contributed by atoms with Crippen LogP contribution < -0.4 is 16.6 Å². The summed E-state index contributed by atoms with van der Waals surface area (Å²) in [5.74, 6) is -0.141. The topological polar surface area (TPSA) is 104 Å². The van der Waals surface area contributed by atoms with Crippen LogP contribution in [0, 0.1) is 6.92 Å². The summed E-state index contributed by atoms with van der Waals surface area (Å²) in [5, 5.41) is 3.68. The molecule has 1 fully saturated rings. The number of carbonyl (C=O) groups excluding carboxylic acids is 1. The van der Waals surface area contributed by atoms with E-state index in [1.807, 2.05) is 24.3 Å². The molecule has 0 atom stereocenters. The first kappa shape index (κ1) is 20.4. The first-order valence-corrected chi connectivity index (χ1v) is 9.70. The zero-order chi connectivity index (χ0) is 20.1. The summed E-state index contributed by atoms with van der Waals surface area (Å²) in [7, 11) is 0. The van der Waals surface area contributed by atoms with Gasteiger partial charge >= 0.3 is 5.69 Å². The zero-order valence-electron chi connectivity index (χ0n) is 15.8. The second kappa shape index (κ2) is 8.75. The molecule has 0 radical (unpaired) electrons. The Balaban J connectivity index is 1.66. The first-order valence-electron chi connectivity index (χ1n) is 9.32. The third-order valence-corrected chi connectivity index (χ3v) is 5.60. The third-order valence-electron chi connectivity index (χ3n) is 5.37. The lowest BCUT2D eigenvalue weighted by atomic mass is 9.74. The predicted molar refractivity (Wildman–Crippen MR) is 107 cm³/mol. The van der Waals surface area contributed by atoms with Crippen LogP contribution in [0.3, 0.4) is 0 Å². The summed E-state index contributed by atoms with van der Waals surface area (Å²) in [6.07, 6.45) is 2.02. The van der Waals surface area contributed by atoms with E-state index < -0.39 is 11.2 Å². The van der Waals surface area contributed by atoms with E-state index in [-0.39, 0.29) is 24.2 Å². The van der Waals surface area contributed by atoms with Crippen LogP contribution in [-0.2, 0) is 21.4 Å². The summed E-state index contributed by atoms with van der Waals surface area (Å²) < 4.78 is 5.51. The lowest BCUT2D eigenvalue weighted by Crippen LogP contribution is -2.44. The number of aromatic nitrogens is 2. The fraction of sp³-hybridized carbons (Fsp3) is 0.450. The van der Waals surface area contributed by atoms with Gasteiger partial charge in [-0.2, -0.15) is 0 Å². The molecule has 2 aromatic rings. The molecule has 0 bridgehead atoms. The lowest BCUT2D eigenvalue weighted by molar-refractivity contribution is -0.121. The Labute approximate surface area is 167 Å². The molecule has 1 amide bonds. The summed E-state index contributed by atoms with van der Waals surface area (Å²) in [6, 6.07) is 7.73. The molecule has 150 valence electrons. The van der Waals surface area contributed by atoms with Crippen molar-refractivity contribution >= 4 is 17.5 Å². The van der Waals surface area contributed by atoms with E-state index in [1.54, 1.807) is 6.92 Å². The molecule has 2 heterocycles. The number of H-pyrrole nitrogens is 2. The molecule has 0 saturated carbocycles. The number of nitrogens with one attached hydrogen (secondary N) is 3. The third kappa shape index (κ3) is 4.72. The summed E-state index contributed by atoms with van der Waals surface area (Å²) >= 11 is 6.17. The molecule has 1 saturated heterocycles. The fourth-order valence-corrected chi connectivity index (χ4v) is 3.86. The van der Waals surface area contributed by atoms with Gasteiger partial charge in [-0.3, -0.25) is 14.6 Å². The van der Waals surface area contributed by atoms with Crippen LogP contribution in [0.4, 0.5) is 0 Å². The molecule has 1 aliphatic rings. The number of hydrogen-bond donors (Lipinski definition) is 3. The van der Waals surface area contributed by atoms with E-state index >= 15 is 0 Å². The summed E-state index contributed by atoms with van der Waals surface area (Å²) in [6.45, 7) is 3.40. The highest BCUT2D eigenvalue weighted by Gasteiger charge is 2.35. The van der Waals surface area contributed by atoms with Crippen LogP contribution in [0.25, 0.3) is 0 Å². The lowest BCUT2D eigenvalue weighted by Gasteiger charge is -2.38.